The van der Waals surface area contributed by atoms with E-state index in [1.54, 1.807) is 49.4 Å². The quantitative estimate of drug-likeness (QED) is 0.204. The van der Waals surface area contributed by atoms with Crippen LogP contribution in [0.2, 0.25) is 0 Å². The number of nitrogens with one attached hydrogen (secondary N) is 2. The van der Waals surface area contributed by atoms with E-state index in [0.717, 1.165) is 5.69 Å². The van der Waals surface area contributed by atoms with E-state index in [0.29, 0.717) is 39.7 Å². The lowest BCUT2D eigenvalue weighted by Crippen LogP contribution is -2.21. The number of benzene rings is 2. The number of rotatable bonds is 7. The second-order valence-electron chi connectivity index (χ2n) is 7.53. The van der Waals surface area contributed by atoms with E-state index >= 15 is 0 Å². The van der Waals surface area contributed by atoms with E-state index in [1.807, 2.05) is 19.0 Å². The van der Waals surface area contributed by atoms with E-state index in [9.17, 15) is 0 Å². The molecular weight excluding hydrogens is 436 g/mol. The lowest BCUT2D eigenvalue weighted by atomic mass is 10.1. The number of fused-ring (bicyclic) bond motifs is 1. The molecule has 0 bridgehead atoms. The van der Waals surface area contributed by atoms with Crippen molar-refractivity contribution in [2.24, 2.45) is 22.2 Å². The van der Waals surface area contributed by atoms with Crippen LogP contribution in [0.3, 0.4) is 0 Å². The molecular formula is C22H24N10O2. The maximum Gasteiger partial charge on any atom is 0.327 e. The van der Waals surface area contributed by atoms with Crippen LogP contribution in [0.25, 0.3) is 11.2 Å². The molecule has 34 heavy (non-hydrogen) atoms. The van der Waals surface area contributed by atoms with Crippen molar-refractivity contribution >= 4 is 34.3 Å². The molecule has 0 aliphatic heterocycles. The number of para-hydroxylation sites is 2. The smallest absolute Gasteiger partial charge is 0.327 e. The highest BCUT2D eigenvalue weighted by molar-refractivity contribution is 6.00. The van der Waals surface area contributed by atoms with Gasteiger partial charge in [-0.3, -0.25) is 5.41 Å². The number of aromatic nitrogens is 4. The standard InChI is InChI=1S/C22H24N10O2/c1-11-27-17-19(28-11)30-22(34-16-7-5-4-6-14(16)29-21(25)26)31-20(17)33-12-8-9-13(18(23)24)15(10-12)32(2)3/h4-10H,1-3H3,(H3,23,24)(H4,25,26,29)(H,27,28,30,31). The predicted molar refractivity (Wildman–Crippen MR) is 130 cm³/mol. The van der Waals surface area contributed by atoms with Crippen LogP contribution in [-0.4, -0.2) is 45.8 Å². The van der Waals surface area contributed by atoms with E-state index in [4.69, 9.17) is 32.1 Å². The fraction of sp³-hybridized carbons (Fsp3) is 0.136. The molecule has 8 N–H and O–H groups in total. The molecule has 0 amide bonds. The number of nitrogen functional groups attached to an aromatic ring is 1. The molecule has 0 aliphatic rings. The van der Waals surface area contributed by atoms with Gasteiger partial charge in [0.15, 0.2) is 17.4 Å². The zero-order chi connectivity index (χ0) is 24.4. The highest BCUT2D eigenvalue weighted by Gasteiger charge is 2.17. The van der Waals surface area contributed by atoms with Gasteiger partial charge in [0.05, 0.1) is 5.69 Å². The minimum atomic E-state index is -0.106. The summed E-state index contributed by atoms with van der Waals surface area (Å²) in [6.45, 7) is 1.80. The van der Waals surface area contributed by atoms with E-state index in [1.165, 1.54) is 0 Å². The second-order valence-corrected chi connectivity index (χ2v) is 7.53. The summed E-state index contributed by atoms with van der Waals surface area (Å²) in [5.74, 6) is 1.53. The van der Waals surface area contributed by atoms with Crippen molar-refractivity contribution in [3.05, 3.63) is 53.9 Å². The third kappa shape index (κ3) is 4.65. The number of ether oxygens (including phenoxy) is 2. The third-order valence-electron chi connectivity index (χ3n) is 4.69. The zero-order valence-electron chi connectivity index (χ0n) is 18.8. The number of aryl methyl sites for hydroxylation is 1. The Morgan fingerprint density at radius 3 is 2.50 bits per heavy atom. The maximum atomic E-state index is 7.80. The summed E-state index contributed by atoms with van der Waals surface area (Å²) in [4.78, 5) is 22.2. The number of guanidine groups is 1. The Balaban J connectivity index is 1.76. The van der Waals surface area contributed by atoms with E-state index < -0.39 is 0 Å². The van der Waals surface area contributed by atoms with Crippen molar-refractivity contribution in [3.63, 3.8) is 0 Å². The molecule has 0 fully saturated rings. The van der Waals surface area contributed by atoms with Crippen molar-refractivity contribution in [1.82, 2.24) is 19.9 Å². The predicted octanol–water partition coefficient (Wildman–Crippen LogP) is 2.50. The molecule has 0 aliphatic carbocycles. The van der Waals surface area contributed by atoms with E-state index in [2.05, 4.69) is 24.9 Å². The van der Waals surface area contributed by atoms with Gasteiger partial charge >= 0.3 is 6.01 Å². The number of aliphatic imine (C=N–C) groups is 1. The average molecular weight is 461 g/mol. The first-order valence-electron chi connectivity index (χ1n) is 10.2. The number of hydrogen-bond acceptors (Lipinski definition) is 8. The third-order valence-corrected chi connectivity index (χ3v) is 4.69. The fourth-order valence-electron chi connectivity index (χ4n) is 3.24. The lowest BCUT2D eigenvalue weighted by molar-refractivity contribution is 0.417. The van der Waals surface area contributed by atoms with E-state index in [-0.39, 0.29) is 23.7 Å². The Morgan fingerprint density at radius 2 is 1.79 bits per heavy atom. The molecule has 4 aromatic rings. The summed E-state index contributed by atoms with van der Waals surface area (Å²) >= 11 is 0. The largest absolute Gasteiger partial charge is 0.437 e. The number of amidine groups is 1. The second kappa shape index (κ2) is 8.94. The van der Waals surface area contributed by atoms with Gasteiger partial charge in [-0.2, -0.15) is 9.97 Å². The normalized spacial score (nSPS) is 10.7. The van der Waals surface area contributed by atoms with Crippen LogP contribution < -0.4 is 31.6 Å². The van der Waals surface area contributed by atoms with Gasteiger partial charge in [-0.15, -0.1) is 0 Å². The van der Waals surface area contributed by atoms with Gasteiger partial charge in [0.25, 0.3) is 5.88 Å². The van der Waals surface area contributed by atoms with Gasteiger partial charge < -0.3 is 36.6 Å². The average Bonchev–Trinajstić information content (AvgIpc) is 3.15. The minimum Gasteiger partial charge on any atom is -0.437 e. The molecule has 0 atom stereocenters. The minimum absolute atomic E-state index is 0.000400. The molecule has 2 aromatic heterocycles. The SMILES string of the molecule is Cc1nc2nc(Oc3ccccc3N=C(N)N)nc(Oc3ccc(C(=N)N)c(N(C)C)c3)c2[nH]1. The van der Waals surface area contributed by atoms with Gasteiger partial charge in [0.1, 0.15) is 28.6 Å². The Hall–Kier alpha value is -4.87. The molecule has 174 valence electrons. The van der Waals surface area contributed by atoms with Gasteiger partial charge in [-0.05, 0) is 31.2 Å². The summed E-state index contributed by atoms with van der Waals surface area (Å²) in [5, 5.41) is 7.80. The molecule has 2 aromatic carbocycles. The van der Waals surface area contributed by atoms with Gasteiger partial charge in [0, 0.05) is 25.7 Å². The first-order chi connectivity index (χ1) is 16.2. The lowest BCUT2D eigenvalue weighted by Gasteiger charge is -2.18. The van der Waals surface area contributed by atoms with Crippen LogP contribution in [0.15, 0.2) is 47.5 Å². The van der Waals surface area contributed by atoms with Crippen LogP contribution in [-0.2, 0) is 0 Å². The van der Waals surface area contributed by atoms with Crippen LogP contribution in [0.4, 0.5) is 11.4 Å². The molecule has 12 nitrogen and oxygen atoms in total. The zero-order valence-corrected chi connectivity index (χ0v) is 18.8. The Morgan fingerprint density at radius 1 is 1.03 bits per heavy atom. The van der Waals surface area contributed by atoms with Gasteiger partial charge in [0.2, 0.25) is 0 Å². The van der Waals surface area contributed by atoms with Crippen LogP contribution in [0.5, 0.6) is 23.4 Å². The van der Waals surface area contributed by atoms with Crippen LogP contribution >= 0.6 is 0 Å². The monoisotopic (exact) mass is 460 g/mol. The topological polar surface area (TPSA) is 190 Å². The Bertz CT molecular complexity index is 1410. The summed E-state index contributed by atoms with van der Waals surface area (Å²) in [7, 11) is 3.71. The van der Waals surface area contributed by atoms with Crippen molar-refractivity contribution in [3.8, 4) is 23.4 Å². The molecule has 0 radical (unpaired) electrons. The van der Waals surface area contributed by atoms with Crippen molar-refractivity contribution in [1.29, 1.82) is 5.41 Å². The number of H-pyrrole nitrogens is 1. The number of anilines is 1. The first kappa shape index (κ1) is 22.3. The number of nitrogens with two attached hydrogens (primary N) is 3. The molecule has 2 heterocycles. The molecule has 0 spiro atoms. The summed E-state index contributed by atoms with van der Waals surface area (Å²) in [6, 6.07) is 12.1. The highest BCUT2D eigenvalue weighted by Crippen LogP contribution is 2.34. The Kier molecular flexibility index (Phi) is 5.87. The molecule has 0 unspecified atom stereocenters. The molecule has 4 rings (SSSR count). The fourth-order valence-corrected chi connectivity index (χ4v) is 3.24. The van der Waals surface area contributed by atoms with Gasteiger partial charge in [-0.1, -0.05) is 12.1 Å². The number of hydrogen-bond donors (Lipinski definition) is 5. The number of nitrogens with zero attached hydrogens (tertiary/aromatic N) is 5. The van der Waals surface area contributed by atoms with Crippen molar-refractivity contribution < 1.29 is 9.47 Å². The summed E-state index contributed by atoms with van der Waals surface area (Å²) in [6.07, 6.45) is 0. The molecule has 0 saturated heterocycles. The van der Waals surface area contributed by atoms with Crippen molar-refractivity contribution in [2.45, 2.75) is 6.92 Å². The van der Waals surface area contributed by atoms with Crippen LogP contribution in [0, 0.1) is 12.3 Å². The van der Waals surface area contributed by atoms with Crippen LogP contribution in [0.1, 0.15) is 11.4 Å². The van der Waals surface area contributed by atoms with Crippen molar-refractivity contribution in [2.75, 3.05) is 19.0 Å². The number of imidazole rings is 1. The number of aromatic amines is 1. The highest BCUT2D eigenvalue weighted by atomic mass is 16.5. The summed E-state index contributed by atoms with van der Waals surface area (Å²) in [5.41, 5.74) is 19.3. The Labute approximate surface area is 195 Å². The molecule has 0 saturated carbocycles. The molecule has 12 heteroatoms. The first-order valence-corrected chi connectivity index (χ1v) is 10.2. The summed E-state index contributed by atoms with van der Waals surface area (Å²) < 4.78 is 12.0. The van der Waals surface area contributed by atoms with Gasteiger partial charge in [-0.25, -0.2) is 9.98 Å². The maximum absolute atomic E-state index is 7.80.